The molecule has 4 rings (SSSR count). The lowest BCUT2D eigenvalue weighted by atomic mass is 10.1. The van der Waals surface area contributed by atoms with Crippen LogP contribution in [-0.2, 0) is 4.74 Å². The maximum atomic E-state index is 12.5. The minimum Gasteiger partial charge on any atom is -0.507 e. The molecule has 2 heterocycles. The Balaban J connectivity index is 1.56. The Kier molecular flexibility index (Phi) is 3.57. The highest BCUT2D eigenvalue weighted by Gasteiger charge is 2.24. The summed E-state index contributed by atoms with van der Waals surface area (Å²) in [5, 5.41) is 12.7. The highest BCUT2D eigenvalue weighted by atomic mass is 16.7. The summed E-state index contributed by atoms with van der Waals surface area (Å²) < 4.78 is 15.3. The Morgan fingerprint density at radius 1 is 1.12 bits per heavy atom. The van der Waals surface area contributed by atoms with Crippen LogP contribution in [0.1, 0.15) is 10.4 Å². The molecule has 1 saturated heterocycles. The molecule has 0 radical (unpaired) electrons. The number of aromatic hydroxyl groups is 1. The zero-order valence-corrected chi connectivity index (χ0v) is 13.0. The van der Waals surface area contributed by atoms with Crippen LogP contribution in [0.25, 0.3) is 0 Å². The third-order valence-electron chi connectivity index (χ3n) is 3.91. The molecule has 0 atom stereocenters. The Bertz CT molecular complexity index is 866. The fourth-order valence-electron chi connectivity index (χ4n) is 2.69. The Hall–Kier alpha value is -3.42. The van der Waals surface area contributed by atoms with E-state index in [-0.39, 0.29) is 18.1 Å². The summed E-state index contributed by atoms with van der Waals surface area (Å²) in [7, 11) is 0. The summed E-state index contributed by atoms with van der Waals surface area (Å²) in [5.74, 6) is 0.0816. The van der Waals surface area contributed by atoms with E-state index in [1.165, 1.54) is 17.0 Å². The van der Waals surface area contributed by atoms with E-state index in [1.54, 1.807) is 24.3 Å². The molecular formula is C17H14N2O6. The second-order valence-electron chi connectivity index (χ2n) is 5.49. The van der Waals surface area contributed by atoms with Gasteiger partial charge in [-0.3, -0.25) is 9.69 Å². The van der Waals surface area contributed by atoms with Crippen molar-refractivity contribution in [2.75, 3.05) is 30.2 Å². The summed E-state index contributed by atoms with van der Waals surface area (Å²) in [4.78, 5) is 25.6. The molecule has 8 nitrogen and oxygen atoms in total. The first kappa shape index (κ1) is 15.1. The molecule has 25 heavy (non-hydrogen) atoms. The van der Waals surface area contributed by atoms with Crippen molar-refractivity contribution in [2.45, 2.75) is 0 Å². The number of phenolic OH excluding ortho intramolecular Hbond substituents is 1. The van der Waals surface area contributed by atoms with Crippen LogP contribution < -0.4 is 19.7 Å². The number of carbonyl (C=O) groups excluding carboxylic acids is 2. The normalized spacial score (nSPS) is 15.2. The van der Waals surface area contributed by atoms with E-state index in [4.69, 9.17) is 14.2 Å². The number of ether oxygens (including phenoxy) is 3. The van der Waals surface area contributed by atoms with E-state index in [0.717, 1.165) is 0 Å². The Labute approximate surface area is 142 Å². The number of rotatable bonds is 3. The number of hydrogen-bond acceptors (Lipinski definition) is 6. The molecule has 2 aromatic rings. The lowest BCUT2D eigenvalue weighted by Crippen LogP contribution is -2.23. The van der Waals surface area contributed by atoms with Gasteiger partial charge in [0.25, 0.3) is 5.91 Å². The number of hydrogen-bond donors (Lipinski definition) is 2. The second kappa shape index (κ2) is 5.90. The first-order valence-electron chi connectivity index (χ1n) is 7.60. The van der Waals surface area contributed by atoms with Crippen molar-refractivity contribution in [3.8, 4) is 17.2 Å². The van der Waals surface area contributed by atoms with Crippen LogP contribution in [0.2, 0.25) is 0 Å². The SMILES string of the molecule is O=C(Nc1cccc(N2CCOC2=O)c1)c1cc2c(cc1O)OCO2. The molecule has 2 aromatic carbocycles. The number of amides is 2. The van der Waals surface area contributed by atoms with Crippen molar-refractivity contribution in [3.05, 3.63) is 42.0 Å². The molecule has 0 aliphatic carbocycles. The van der Waals surface area contributed by atoms with Gasteiger partial charge in [0.05, 0.1) is 12.1 Å². The average Bonchev–Trinajstić information content (AvgIpc) is 3.22. The maximum Gasteiger partial charge on any atom is 0.414 e. The number of nitrogens with one attached hydrogen (secondary N) is 1. The van der Waals surface area contributed by atoms with Crippen LogP contribution in [0.5, 0.6) is 17.2 Å². The van der Waals surface area contributed by atoms with Gasteiger partial charge in [-0.15, -0.1) is 0 Å². The van der Waals surface area contributed by atoms with Crippen LogP contribution in [0, 0.1) is 0 Å². The lowest BCUT2D eigenvalue weighted by Gasteiger charge is -2.14. The molecule has 2 amide bonds. The zero-order valence-electron chi connectivity index (χ0n) is 13.0. The third-order valence-corrected chi connectivity index (χ3v) is 3.91. The van der Waals surface area contributed by atoms with E-state index in [9.17, 15) is 14.7 Å². The number of anilines is 2. The van der Waals surface area contributed by atoms with E-state index < -0.39 is 12.0 Å². The minimum absolute atomic E-state index is 0.0494. The summed E-state index contributed by atoms with van der Waals surface area (Å²) >= 11 is 0. The van der Waals surface area contributed by atoms with Crippen molar-refractivity contribution in [3.63, 3.8) is 0 Å². The smallest absolute Gasteiger partial charge is 0.414 e. The molecule has 0 spiro atoms. The van der Waals surface area contributed by atoms with Crippen molar-refractivity contribution in [2.24, 2.45) is 0 Å². The molecule has 0 unspecified atom stereocenters. The number of carbonyl (C=O) groups is 2. The zero-order chi connectivity index (χ0) is 17.4. The quantitative estimate of drug-likeness (QED) is 0.888. The largest absolute Gasteiger partial charge is 0.507 e. The van der Waals surface area contributed by atoms with Crippen LogP contribution in [0.15, 0.2) is 36.4 Å². The highest BCUT2D eigenvalue weighted by molar-refractivity contribution is 6.07. The summed E-state index contributed by atoms with van der Waals surface area (Å²) in [6.07, 6.45) is -0.420. The van der Waals surface area contributed by atoms with Gasteiger partial charge in [-0.1, -0.05) is 6.07 Å². The van der Waals surface area contributed by atoms with Gasteiger partial charge in [0.1, 0.15) is 12.4 Å². The molecule has 2 aliphatic rings. The van der Waals surface area contributed by atoms with Crippen molar-refractivity contribution >= 4 is 23.4 Å². The van der Waals surface area contributed by atoms with Gasteiger partial charge in [-0.2, -0.15) is 0 Å². The Morgan fingerprint density at radius 2 is 1.92 bits per heavy atom. The van der Waals surface area contributed by atoms with Gasteiger partial charge >= 0.3 is 6.09 Å². The predicted molar refractivity (Wildman–Crippen MR) is 87.3 cm³/mol. The first-order chi connectivity index (χ1) is 12.1. The summed E-state index contributed by atoms with van der Waals surface area (Å²) in [5.41, 5.74) is 1.17. The molecule has 8 heteroatoms. The van der Waals surface area contributed by atoms with E-state index >= 15 is 0 Å². The average molecular weight is 342 g/mol. The van der Waals surface area contributed by atoms with E-state index in [1.807, 2.05) is 0 Å². The van der Waals surface area contributed by atoms with Crippen LogP contribution >= 0.6 is 0 Å². The van der Waals surface area contributed by atoms with Gasteiger partial charge in [-0.25, -0.2) is 4.79 Å². The van der Waals surface area contributed by atoms with Crippen molar-refractivity contribution < 1.29 is 28.9 Å². The fourth-order valence-corrected chi connectivity index (χ4v) is 2.69. The topological polar surface area (TPSA) is 97.3 Å². The first-order valence-corrected chi connectivity index (χ1v) is 7.60. The van der Waals surface area contributed by atoms with Gasteiger partial charge < -0.3 is 24.6 Å². The molecule has 128 valence electrons. The number of fused-ring (bicyclic) bond motifs is 1. The maximum absolute atomic E-state index is 12.5. The molecule has 0 bridgehead atoms. The van der Waals surface area contributed by atoms with Crippen LogP contribution in [0.3, 0.4) is 0 Å². The monoisotopic (exact) mass is 342 g/mol. The molecule has 2 aliphatic heterocycles. The second-order valence-corrected chi connectivity index (χ2v) is 5.49. The molecule has 1 fully saturated rings. The Morgan fingerprint density at radius 3 is 2.68 bits per heavy atom. The third kappa shape index (κ3) is 2.78. The van der Waals surface area contributed by atoms with E-state index in [0.29, 0.717) is 36.0 Å². The lowest BCUT2D eigenvalue weighted by molar-refractivity contribution is 0.102. The fraction of sp³-hybridized carbons (Fsp3) is 0.176. The van der Waals surface area contributed by atoms with Gasteiger partial charge in [0.15, 0.2) is 11.5 Å². The molecular weight excluding hydrogens is 328 g/mol. The highest BCUT2D eigenvalue weighted by Crippen LogP contribution is 2.37. The molecule has 2 N–H and O–H groups in total. The van der Waals surface area contributed by atoms with Crippen LogP contribution in [-0.4, -0.2) is 37.1 Å². The molecule has 0 aromatic heterocycles. The van der Waals surface area contributed by atoms with Crippen molar-refractivity contribution in [1.29, 1.82) is 0 Å². The number of nitrogens with zero attached hydrogens (tertiary/aromatic N) is 1. The molecule has 0 saturated carbocycles. The van der Waals surface area contributed by atoms with Crippen molar-refractivity contribution in [1.82, 2.24) is 0 Å². The van der Waals surface area contributed by atoms with Gasteiger partial charge in [-0.05, 0) is 18.2 Å². The standard InChI is InChI=1S/C17H14N2O6/c20-13-8-15-14(24-9-25-15)7-12(13)16(21)18-10-2-1-3-11(6-10)19-4-5-23-17(19)22/h1-3,6-8,20H,4-5,9H2,(H,18,21). The summed E-state index contributed by atoms with van der Waals surface area (Å²) in [6.45, 7) is 0.841. The summed E-state index contributed by atoms with van der Waals surface area (Å²) in [6, 6.07) is 9.58. The van der Waals surface area contributed by atoms with Crippen LogP contribution in [0.4, 0.5) is 16.2 Å². The van der Waals surface area contributed by atoms with E-state index in [2.05, 4.69) is 5.32 Å². The van der Waals surface area contributed by atoms with Gasteiger partial charge in [0, 0.05) is 23.5 Å². The predicted octanol–water partition coefficient (Wildman–Crippen LogP) is 2.33. The number of cyclic esters (lactones) is 1. The number of benzene rings is 2. The minimum atomic E-state index is -0.503. The van der Waals surface area contributed by atoms with Gasteiger partial charge in [0.2, 0.25) is 6.79 Å². The number of phenols is 1.